The highest BCUT2D eigenvalue weighted by molar-refractivity contribution is 5.34. The molecule has 1 aliphatic heterocycles. The lowest BCUT2D eigenvalue weighted by Crippen LogP contribution is -2.40. The first-order chi connectivity index (χ1) is 7.77. The maximum Gasteiger partial charge on any atom is 0.120 e. The number of nitrogens with two attached hydrogens (primary N) is 1. The van der Waals surface area contributed by atoms with Gasteiger partial charge in [0, 0.05) is 31.2 Å². The van der Waals surface area contributed by atoms with Gasteiger partial charge < -0.3 is 15.6 Å². The SMILES string of the molecule is NC(CN1CCOCC1)c1ccccc1O. The molecule has 0 spiro atoms. The number of rotatable bonds is 3. The van der Waals surface area contributed by atoms with Gasteiger partial charge in [0.1, 0.15) is 5.75 Å². The zero-order valence-corrected chi connectivity index (χ0v) is 9.30. The van der Waals surface area contributed by atoms with Gasteiger partial charge in [-0.05, 0) is 6.07 Å². The topological polar surface area (TPSA) is 58.7 Å². The van der Waals surface area contributed by atoms with E-state index < -0.39 is 0 Å². The molecule has 1 heterocycles. The van der Waals surface area contributed by atoms with E-state index in [4.69, 9.17) is 10.5 Å². The lowest BCUT2D eigenvalue weighted by molar-refractivity contribution is 0.0352. The highest BCUT2D eigenvalue weighted by atomic mass is 16.5. The Kier molecular flexibility index (Phi) is 3.77. The van der Waals surface area contributed by atoms with Crippen molar-refractivity contribution >= 4 is 0 Å². The van der Waals surface area contributed by atoms with Crippen molar-refractivity contribution < 1.29 is 9.84 Å². The van der Waals surface area contributed by atoms with Crippen molar-refractivity contribution in [3.63, 3.8) is 0 Å². The summed E-state index contributed by atoms with van der Waals surface area (Å²) < 4.78 is 5.28. The van der Waals surface area contributed by atoms with Gasteiger partial charge in [-0.15, -0.1) is 0 Å². The van der Waals surface area contributed by atoms with E-state index in [9.17, 15) is 5.11 Å². The van der Waals surface area contributed by atoms with Crippen molar-refractivity contribution in [1.82, 2.24) is 4.90 Å². The summed E-state index contributed by atoms with van der Waals surface area (Å²) in [6.07, 6.45) is 0. The fourth-order valence-electron chi connectivity index (χ4n) is 1.96. The van der Waals surface area contributed by atoms with Gasteiger partial charge in [0.15, 0.2) is 0 Å². The van der Waals surface area contributed by atoms with Gasteiger partial charge in [-0.2, -0.15) is 0 Å². The third kappa shape index (κ3) is 2.72. The predicted octanol–water partition coefficient (Wildman–Crippen LogP) is 0.724. The van der Waals surface area contributed by atoms with E-state index in [0.717, 1.165) is 38.4 Å². The number of ether oxygens (including phenoxy) is 1. The van der Waals surface area contributed by atoms with Gasteiger partial charge in [0.25, 0.3) is 0 Å². The molecule has 0 bridgehead atoms. The minimum Gasteiger partial charge on any atom is -0.508 e. The van der Waals surface area contributed by atoms with Gasteiger partial charge >= 0.3 is 0 Å². The smallest absolute Gasteiger partial charge is 0.120 e. The average Bonchev–Trinajstić information content (AvgIpc) is 2.31. The molecule has 1 aliphatic rings. The number of benzene rings is 1. The number of aromatic hydroxyl groups is 1. The normalized spacial score (nSPS) is 19.6. The zero-order chi connectivity index (χ0) is 11.4. The summed E-state index contributed by atoms with van der Waals surface area (Å²) in [5.41, 5.74) is 6.90. The van der Waals surface area contributed by atoms with Crippen LogP contribution >= 0.6 is 0 Å². The predicted molar refractivity (Wildman–Crippen MR) is 62.3 cm³/mol. The number of phenols is 1. The molecule has 0 saturated carbocycles. The van der Waals surface area contributed by atoms with Crippen LogP contribution in [0.4, 0.5) is 0 Å². The van der Waals surface area contributed by atoms with Crippen LogP contribution < -0.4 is 5.73 Å². The van der Waals surface area contributed by atoms with Crippen molar-refractivity contribution in [2.24, 2.45) is 5.73 Å². The summed E-state index contributed by atoms with van der Waals surface area (Å²) in [5, 5.41) is 9.69. The van der Waals surface area contributed by atoms with Crippen LogP contribution in [0.2, 0.25) is 0 Å². The molecule has 1 fully saturated rings. The molecule has 4 heteroatoms. The summed E-state index contributed by atoms with van der Waals surface area (Å²) in [7, 11) is 0. The van der Waals surface area contributed by atoms with Crippen molar-refractivity contribution in [3.8, 4) is 5.75 Å². The molecular weight excluding hydrogens is 204 g/mol. The van der Waals surface area contributed by atoms with Crippen LogP contribution in [0.25, 0.3) is 0 Å². The van der Waals surface area contributed by atoms with Crippen LogP contribution in [0.3, 0.4) is 0 Å². The van der Waals surface area contributed by atoms with E-state index in [1.165, 1.54) is 0 Å². The molecule has 4 nitrogen and oxygen atoms in total. The molecule has 1 atom stereocenters. The van der Waals surface area contributed by atoms with E-state index in [2.05, 4.69) is 4.90 Å². The molecular formula is C12H18N2O2. The van der Waals surface area contributed by atoms with Crippen LogP contribution in [0.1, 0.15) is 11.6 Å². The number of phenolic OH excluding ortho intramolecular Hbond substituents is 1. The van der Waals surface area contributed by atoms with Gasteiger partial charge in [-0.3, -0.25) is 4.90 Å². The first-order valence-electron chi connectivity index (χ1n) is 5.61. The standard InChI is InChI=1S/C12H18N2O2/c13-11(9-14-5-7-16-8-6-14)10-3-1-2-4-12(10)15/h1-4,11,15H,5-9,13H2. The second kappa shape index (κ2) is 5.30. The quantitative estimate of drug-likeness (QED) is 0.791. The third-order valence-corrected chi connectivity index (χ3v) is 2.89. The molecule has 0 amide bonds. The highest BCUT2D eigenvalue weighted by Gasteiger charge is 2.16. The van der Waals surface area contributed by atoms with Crippen molar-refractivity contribution in [2.45, 2.75) is 6.04 Å². The molecule has 1 aromatic carbocycles. The number of morpholine rings is 1. The Bertz CT molecular complexity index is 338. The number of para-hydroxylation sites is 1. The molecule has 1 aromatic rings. The van der Waals surface area contributed by atoms with Crippen LogP contribution in [0, 0.1) is 0 Å². The summed E-state index contributed by atoms with van der Waals surface area (Å²) in [6, 6.07) is 7.11. The van der Waals surface area contributed by atoms with Gasteiger partial charge in [-0.25, -0.2) is 0 Å². The molecule has 88 valence electrons. The molecule has 0 radical (unpaired) electrons. The molecule has 3 N–H and O–H groups in total. The van der Waals surface area contributed by atoms with E-state index in [1.807, 2.05) is 12.1 Å². The molecule has 1 saturated heterocycles. The lowest BCUT2D eigenvalue weighted by Gasteiger charge is -2.29. The average molecular weight is 222 g/mol. The summed E-state index contributed by atoms with van der Waals surface area (Å²) >= 11 is 0. The maximum absolute atomic E-state index is 9.69. The Hall–Kier alpha value is -1.10. The minimum atomic E-state index is -0.140. The zero-order valence-electron chi connectivity index (χ0n) is 9.30. The number of hydrogen-bond acceptors (Lipinski definition) is 4. The Balaban J connectivity index is 1.96. The molecule has 2 rings (SSSR count). The second-order valence-electron chi connectivity index (χ2n) is 4.08. The number of hydrogen-bond donors (Lipinski definition) is 2. The Labute approximate surface area is 95.6 Å². The molecule has 16 heavy (non-hydrogen) atoms. The van der Waals surface area contributed by atoms with Crippen LogP contribution in [0.5, 0.6) is 5.75 Å². The maximum atomic E-state index is 9.69. The summed E-state index contributed by atoms with van der Waals surface area (Å²) in [6.45, 7) is 4.14. The molecule has 1 unspecified atom stereocenters. The van der Waals surface area contributed by atoms with E-state index in [1.54, 1.807) is 12.1 Å². The van der Waals surface area contributed by atoms with Crippen LogP contribution in [0.15, 0.2) is 24.3 Å². The van der Waals surface area contributed by atoms with Crippen LogP contribution in [-0.2, 0) is 4.74 Å². The highest BCUT2D eigenvalue weighted by Crippen LogP contribution is 2.22. The first kappa shape index (κ1) is 11.4. The fraction of sp³-hybridized carbons (Fsp3) is 0.500. The first-order valence-corrected chi connectivity index (χ1v) is 5.61. The fourth-order valence-corrected chi connectivity index (χ4v) is 1.96. The molecule has 0 aliphatic carbocycles. The van der Waals surface area contributed by atoms with E-state index >= 15 is 0 Å². The number of nitrogens with zero attached hydrogens (tertiary/aromatic N) is 1. The van der Waals surface area contributed by atoms with E-state index in [0.29, 0.717) is 0 Å². The van der Waals surface area contributed by atoms with Crippen LogP contribution in [-0.4, -0.2) is 42.9 Å². The van der Waals surface area contributed by atoms with Gasteiger partial charge in [0.2, 0.25) is 0 Å². The largest absolute Gasteiger partial charge is 0.508 e. The summed E-state index contributed by atoms with van der Waals surface area (Å²) in [5.74, 6) is 0.281. The van der Waals surface area contributed by atoms with Gasteiger partial charge in [-0.1, -0.05) is 18.2 Å². The summed E-state index contributed by atoms with van der Waals surface area (Å²) in [4.78, 5) is 2.26. The Morgan fingerprint density at radius 2 is 2.00 bits per heavy atom. The molecule has 0 aromatic heterocycles. The van der Waals surface area contributed by atoms with Gasteiger partial charge in [0.05, 0.1) is 13.2 Å². The Morgan fingerprint density at radius 3 is 2.69 bits per heavy atom. The van der Waals surface area contributed by atoms with Crippen molar-refractivity contribution in [3.05, 3.63) is 29.8 Å². The monoisotopic (exact) mass is 222 g/mol. The lowest BCUT2D eigenvalue weighted by atomic mass is 10.1. The minimum absolute atomic E-state index is 0.140. The second-order valence-corrected chi connectivity index (χ2v) is 4.08. The van der Waals surface area contributed by atoms with E-state index in [-0.39, 0.29) is 11.8 Å². The Morgan fingerprint density at radius 1 is 1.31 bits per heavy atom. The third-order valence-electron chi connectivity index (χ3n) is 2.89. The van der Waals surface area contributed by atoms with Crippen molar-refractivity contribution in [2.75, 3.05) is 32.8 Å². The van der Waals surface area contributed by atoms with Crippen molar-refractivity contribution in [1.29, 1.82) is 0 Å².